The lowest BCUT2D eigenvalue weighted by molar-refractivity contribution is -0.126. The molecule has 0 spiro atoms. The molecule has 34 heavy (non-hydrogen) atoms. The topological polar surface area (TPSA) is 67.4 Å². The predicted octanol–water partition coefficient (Wildman–Crippen LogP) is 6.12. The van der Waals surface area contributed by atoms with Gasteiger partial charge < -0.3 is 15.4 Å². The number of amides is 2. The highest BCUT2D eigenvalue weighted by Gasteiger charge is 2.59. The van der Waals surface area contributed by atoms with E-state index in [1.54, 1.807) is 0 Å². The third-order valence-electron chi connectivity index (χ3n) is 7.95. The summed E-state index contributed by atoms with van der Waals surface area (Å²) in [6, 6.07) is 14.0. The minimum Gasteiger partial charge on any atom is -0.446 e. The third-order valence-corrected chi connectivity index (χ3v) is 8.53. The van der Waals surface area contributed by atoms with Crippen LogP contribution in [-0.2, 0) is 9.53 Å². The van der Waals surface area contributed by atoms with E-state index in [2.05, 4.69) is 22.8 Å². The van der Waals surface area contributed by atoms with Crippen LogP contribution in [0.25, 0.3) is 0 Å². The van der Waals surface area contributed by atoms with Gasteiger partial charge in [-0.1, -0.05) is 47.5 Å². The largest absolute Gasteiger partial charge is 0.446 e. The molecule has 2 aromatic carbocycles. The first-order valence-electron chi connectivity index (χ1n) is 12.2. The zero-order valence-electron chi connectivity index (χ0n) is 19.3. The highest BCUT2D eigenvalue weighted by molar-refractivity contribution is 6.31. The van der Waals surface area contributed by atoms with Gasteiger partial charge in [0, 0.05) is 22.5 Å². The Hall–Kier alpha value is -2.24. The Bertz CT molecular complexity index is 1080. The summed E-state index contributed by atoms with van der Waals surface area (Å²) in [5.41, 5.74) is 2.26. The van der Waals surface area contributed by atoms with Crippen molar-refractivity contribution in [2.45, 2.75) is 68.9 Å². The molecule has 0 bridgehead atoms. The Kier molecular flexibility index (Phi) is 6.51. The fourth-order valence-corrected chi connectivity index (χ4v) is 6.79. The van der Waals surface area contributed by atoms with E-state index in [1.165, 1.54) is 0 Å². The molecule has 0 aromatic heterocycles. The lowest BCUT2D eigenvalue weighted by Crippen LogP contribution is -2.61. The summed E-state index contributed by atoms with van der Waals surface area (Å²) in [6.45, 7) is 2.51. The summed E-state index contributed by atoms with van der Waals surface area (Å²) in [7, 11) is 0. The average molecular weight is 501 g/mol. The van der Waals surface area contributed by atoms with Crippen LogP contribution in [0.4, 0.5) is 4.79 Å². The normalized spacial score (nSPS) is 28.9. The van der Waals surface area contributed by atoms with Crippen LogP contribution in [-0.4, -0.2) is 30.2 Å². The zero-order valence-corrected chi connectivity index (χ0v) is 20.8. The fraction of sp³-hybridized carbons (Fsp3) is 0.481. The Balaban J connectivity index is 1.51. The van der Waals surface area contributed by atoms with Crippen molar-refractivity contribution in [2.75, 3.05) is 6.54 Å². The molecule has 7 heteroatoms. The molecule has 180 valence electrons. The van der Waals surface area contributed by atoms with Gasteiger partial charge in [0.2, 0.25) is 5.91 Å². The standard InChI is InChI=1S/C27H30Cl2N2O3/c1-16-6-11-20(23(29)14-16)21-12-13-27(31-26(33)34-19-4-2-3-5-19)22(15-30-25(27)32)24(21)17-7-9-18(28)10-8-17/h6-11,14,19,21-22,24H,2-5,12-13,15H2,1H3,(H,30,32)(H,31,33)/t21-,22-,24-,27-/m0/s1. The first-order valence-corrected chi connectivity index (χ1v) is 12.9. The number of carbonyl (C=O) groups is 2. The molecule has 1 saturated heterocycles. The summed E-state index contributed by atoms with van der Waals surface area (Å²) in [4.78, 5) is 26.2. The van der Waals surface area contributed by atoms with Gasteiger partial charge in [-0.25, -0.2) is 4.79 Å². The number of benzene rings is 2. The first kappa shape index (κ1) is 23.5. The predicted molar refractivity (Wildman–Crippen MR) is 133 cm³/mol. The molecule has 0 unspecified atom stereocenters. The van der Waals surface area contributed by atoms with Crippen LogP contribution in [0.3, 0.4) is 0 Å². The molecule has 5 rings (SSSR count). The molecule has 4 atom stereocenters. The number of rotatable bonds is 4. The van der Waals surface area contributed by atoms with Crippen LogP contribution in [0.5, 0.6) is 0 Å². The maximum Gasteiger partial charge on any atom is 0.408 e. The minimum absolute atomic E-state index is 0.0306. The number of alkyl carbamates (subject to hydrolysis) is 1. The quantitative estimate of drug-likeness (QED) is 0.531. The zero-order chi connectivity index (χ0) is 23.9. The number of ether oxygens (including phenoxy) is 1. The second-order valence-electron chi connectivity index (χ2n) is 9.97. The molecule has 2 N–H and O–H groups in total. The van der Waals surface area contributed by atoms with Gasteiger partial charge >= 0.3 is 6.09 Å². The van der Waals surface area contributed by atoms with Gasteiger partial charge in [-0.3, -0.25) is 4.79 Å². The Morgan fingerprint density at radius 1 is 1.09 bits per heavy atom. The van der Waals surface area contributed by atoms with E-state index in [9.17, 15) is 9.59 Å². The summed E-state index contributed by atoms with van der Waals surface area (Å²) >= 11 is 12.9. The van der Waals surface area contributed by atoms with Crippen molar-refractivity contribution in [3.05, 3.63) is 69.2 Å². The molecular formula is C27H30Cl2N2O3. The van der Waals surface area contributed by atoms with Gasteiger partial charge in [-0.05, 0) is 92.2 Å². The lowest BCUT2D eigenvalue weighted by atomic mass is 9.60. The van der Waals surface area contributed by atoms with E-state index in [4.69, 9.17) is 27.9 Å². The molecule has 0 radical (unpaired) electrons. The number of hydrogen-bond acceptors (Lipinski definition) is 3. The van der Waals surface area contributed by atoms with Gasteiger partial charge in [-0.15, -0.1) is 0 Å². The van der Waals surface area contributed by atoms with E-state index in [0.29, 0.717) is 24.4 Å². The number of fused-ring (bicyclic) bond motifs is 1. The number of halogens is 2. The SMILES string of the molecule is Cc1ccc([C@@H]2CC[C@@]3(NC(=O)OC4CCCC4)C(=O)NC[C@H]3[C@H]2c2ccc(Cl)cc2)c(Cl)c1. The maximum atomic E-state index is 13.3. The summed E-state index contributed by atoms with van der Waals surface area (Å²) in [5.74, 6) is -0.202. The van der Waals surface area contributed by atoms with Gasteiger partial charge in [-0.2, -0.15) is 0 Å². The van der Waals surface area contributed by atoms with Crippen LogP contribution < -0.4 is 10.6 Å². The van der Waals surface area contributed by atoms with Crippen molar-refractivity contribution in [2.24, 2.45) is 5.92 Å². The number of carbonyl (C=O) groups excluding carboxylic acids is 2. The smallest absolute Gasteiger partial charge is 0.408 e. The van der Waals surface area contributed by atoms with E-state index in [0.717, 1.165) is 47.4 Å². The van der Waals surface area contributed by atoms with Crippen molar-refractivity contribution in [3.63, 3.8) is 0 Å². The monoisotopic (exact) mass is 500 g/mol. The molecule has 3 aliphatic rings. The van der Waals surface area contributed by atoms with Gasteiger partial charge in [0.1, 0.15) is 11.6 Å². The Morgan fingerprint density at radius 3 is 2.53 bits per heavy atom. The average Bonchev–Trinajstić information content (AvgIpc) is 3.42. The van der Waals surface area contributed by atoms with Gasteiger partial charge in [0.15, 0.2) is 0 Å². The number of aryl methyl sites for hydroxylation is 1. The number of nitrogens with one attached hydrogen (secondary N) is 2. The summed E-state index contributed by atoms with van der Waals surface area (Å²) in [6.07, 6.45) is 4.61. The Labute approximate surface area is 210 Å². The molecule has 2 amide bonds. The van der Waals surface area contributed by atoms with Crippen LogP contribution in [0.15, 0.2) is 42.5 Å². The highest BCUT2D eigenvalue weighted by Crippen LogP contribution is 2.54. The van der Waals surface area contributed by atoms with E-state index in [1.807, 2.05) is 37.3 Å². The first-order chi connectivity index (χ1) is 16.4. The van der Waals surface area contributed by atoms with E-state index >= 15 is 0 Å². The third kappa shape index (κ3) is 4.29. The molecular weight excluding hydrogens is 471 g/mol. The second kappa shape index (κ2) is 9.43. The fourth-order valence-electron chi connectivity index (χ4n) is 6.29. The van der Waals surface area contributed by atoms with Crippen molar-refractivity contribution in [1.82, 2.24) is 10.6 Å². The molecule has 5 nitrogen and oxygen atoms in total. The van der Waals surface area contributed by atoms with E-state index in [-0.39, 0.29) is 29.8 Å². The van der Waals surface area contributed by atoms with Crippen molar-refractivity contribution in [3.8, 4) is 0 Å². The lowest BCUT2D eigenvalue weighted by Gasteiger charge is -2.46. The molecule has 1 heterocycles. The van der Waals surface area contributed by atoms with Crippen LogP contribution in [0.1, 0.15) is 67.1 Å². The number of hydrogen-bond donors (Lipinski definition) is 2. The minimum atomic E-state index is -1.01. The molecule has 2 aliphatic carbocycles. The van der Waals surface area contributed by atoms with Crippen molar-refractivity contribution >= 4 is 35.2 Å². The molecule has 2 aromatic rings. The van der Waals surface area contributed by atoms with Crippen LogP contribution in [0, 0.1) is 12.8 Å². The molecule has 3 fully saturated rings. The molecule has 1 aliphatic heterocycles. The molecule has 2 saturated carbocycles. The van der Waals surface area contributed by atoms with Crippen LogP contribution in [0.2, 0.25) is 10.0 Å². The Morgan fingerprint density at radius 2 is 1.82 bits per heavy atom. The summed E-state index contributed by atoms with van der Waals surface area (Å²) < 4.78 is 5.70. The van der Waals surface area contributed by atoms with Crippen molar-refractivity contribution in [1.29, 1.82) is 0 Å². The van der Waals surface area contributed by atoms with Gasteiger partial charge in [0.25, 0.3) is 0 Å². The maximum absolute atomic E-state index is 13.3. The van der Waals surface area contributed by atoms with Gasteiger partial charge in [0.05, 0.1) is 0 Å². The second-order valence-corrected chi connectivity index (χ2v) is 10.8. The van der Waals surface area contributed by atoms with Crippen LogP contribution >= 0.6 is 23.2 Å². The highest BCUT2D eigenvalue weighted by atomic mass is 35.5. The van der Waals surface area contributed by atoms with E-state index < -0.39 is 11.6 Å². The summed E-state index contributed by atoms with van der Waals surface area (Å²) in [5, 5.41) is 7.49. The van der Waals surface area contributed by atoms with Crippen molar-refractivity contribution < 1.29 is 14.3 Å².